The third kappa shape index (κ3) is 4.90. The zero-order chi connectivity index (χ0) is 23.4. The van der Waals surface area contributed by atoms with E-state index in [9.17, 15) is 9.59 Å². The number of ether oxygens (including phenoxy) is 4. The number of methoxy groups -OCH3 is 2. The smallest absolute Gasteiger partial charge is 0.356 e. The van der Waals surface area contributed by atoms with Gasteiger partial charge in [-0.3, -0.25) is 0 Å². The van der Waals surface area contributed by atoms with E-state index in [1.165, 1.54) is 14.2 Å². The molecule has 2 aromatic heterocycles. The van der Waals surface area contributed by atoms with E-state index in [1.807, 2.05) is 39.8 Å². The highest BCUT2D eigenvalue weighted by Crippen LogP contribution is 2.35. The summed E-state index contributed by atoms with van der Waals surface area (Å²) in [6, 6.07) is 6.82. The molecule has 0 aliphatic rings. The Balaban J connectivity index is 2.33. The largest absolute Gasteiger partial charge is 0.493 e. The molecule has 0 spiro atoms. The van der Waals surface area contributed by atoms with Crippen LogP contribution < -0.4 is 9.47 Å². The van der Waals surface area contributed by atoms with Gasteiger partial charge in [0.15, 0.2) is 11.4 Å². The first kappa shape index (κ1) is 23.2. The van der Waals surface area contributed by atoms with Crippen LogP contribution in [0.15, 0.2) is 24.3 Å². The summed E-state index contributed by atoms with van der Waals surface area (Å²) in [7, 11) is 2.58. The van der Waals surface area contributed by atoms with Crippen molar-refractivity contribution < 1.29 is 28.5 Å². The van der Waals surface area contributed by atoms with Gasteiger partial charge in [-0.15, -0.1) is 0 Å². The Morgan fingerprint density at radius 1 is 0.750 bits per heavy atom. The summed E-state index contributed by atoms with van der Waals surface area (Å²) in [5, 5.41) is 1.32. The van der Waals surface area contributed by atoms with E-state index in [4.69, 9.17) is 18.9 Å². The van der Waals surface area contributed by atoms with Gasteiger partial charge < -0.3 is 18.9 Å². The van der Waals surface area contributed by atoms with Gasteiger partial charge in [-0.05, 0) is 24.0 Å². The second kappa shape index (κ2) is 9.80. The highest BCUT2D eigenvalue weighted by atomic mass is 16.5. The topological polar surface area (TPSA) is 96.8 Å². The fourth-order valence-electron chi connectivity index (χ4n) is 3.08. The highest BCUT2D eigenvalue weighted by Gasteiger charge is 2.20. The average Bonchev–Trinajstić information content (AvgIpc) is 2.78. The van der Waals surface area contributed by atoms with Gasteiger partial charge in [-0.25, -0.2) is 19.6 Å². The van der Waals surface area contributed by atoms with Gasteiger partial charge in [0.05, 0.1) is 27.4 Å². The van der Waals surface area contributed by atoms with Crippen molar-refractivity contribution in [2.24, 2.45) is 11.8 Å². The Morgan fingerprint density at radius 2 is 1.12 bits per heavy atom. The van der Waals surface area contributed by atoms with E-state index < -0.39 is 11.9 Å². The molecule has 170 valence electrons. The fraction of sp³-hybridized carbons (Fsp3) is 0.417. The third-order valence-electron chi connectivity index (χ3n) is 4.62. The Hall–Kier alpha value is -3.42. The minimum atomic E-state index is -0.598. The predicted molar refractivity (Wildman–Crippen MR) is 120 cm³/mol. The molecular formula is C24H28N2O6. The lowest BCUT2D eigenvalue weighted by Crippen LogP contribution is -2.10. The van der Waals surface area contributed by atoms with Gasteiger partial charge >= 0.3 is 11.9 Å². The van der Waals surface area contributed by atoms with Crippen molar-refractivity contribution in [2.75, 3.05) is 27.4 Å². The van der Waals surface area contributed by atoms with E-state index in [-0.39, 0.29) is 23.2 Å². The van der Waals surface area contributed by atoms with Crippen LogP contribution in [0.25, 0.3) is 21.8 Å². The molecular weight excluding hydrogens is 412 g/mol. The highest BCUT2D eigenvalue weighted by molar-refractivity contribution is 6.09. The maximum atomic E-state index is 12.3. The van der Waals surface area contributed by atoms with Crippen LogP contribution in [0.5, 0.6) is 11.5 Å². The number of esters is 2. The summed E-state index contributed by atoms with van der Waals surface area (Å²) in [6.45, 7) is 9.03. The van der Waals surface area contributed by atoms with Gasteiger partial charge in [0.25, 0.3) is 0 Å². The molecule has 0 saturated carbocycles. The number of nitrogens with zero attached hydrogens (tertiary/aromatic N) is 2. The number of hydrogen-bond acceptors (Lipinski definition) is 8. The average molecular weight is 440 g/mol. The van der Waals surface area contributed by atoms with Gasteiger partial charge in [-0.1, -0.05) is 27.7 Å². The van der Waals surface area contributed by atoms with Gasteiger partial charge in [-0.2, -0.15) is 0 Å². The van der Waals surface area contributed by atoms with Crippen molar-refractivity contribution in [1.29, 1.82) is 0 Å². The normalized spacial score (nSPS) is 11.2. The number of carbonyl (C=O) groups is 2. The van der Waals surface area contributed by atoms with Crippen molar-refractivity contribution in [3.05, 3.63) is 35.7 Å². The lowest BCUT2D eigenvalue weighted by Gasteiger charge is -2.16. The first-order valence-electron chi connectivity index (χ1n) is 10.5. The molecule has 3 aromatic rings. The summed E-state index contributed by atoms with van der Waals surface area (Å²) in [4.78, 5) is 33.6. The Bertz CT molecular complexity index is 1070. The number of hydrogen-bond donors (Lipinski definition) is 0. The minimum absolute atomic E-state index is 0.0844. The molecule has 0 fully saturated rings. The summed E-state index contributed by atoms with van der Waals surface area (Å²) in [5.41, 5.74) is 0.982. The van der Waals surface area contributed by atoms with Crippen LogP contribution in [0.2, 0.25) is 0 Å². The summed E-state index contributed by atoms with van der Waals surface area (Å²) in [6.07, 6.45) is 0. The molecule has 0 saturated heterocycles. The van der Waals surface area contributed by atoms with Crippen LogP contribution in [-0.2, 0) is 9.47 Å². The van der Waals surface area contributed by atoms with Gasteiger partial charge in [0.1, 0.15) is 22.5 Å². The fourth-order valence-corrected chi connectivity index (χ4v) is 3.08. The first-order chi connectivity index (χ1) is 15.2. The standard InChI is InChI=1S/C24H28N2O6/c1-13(2)11-31-19-9-17(23(27)29-5)25-21-15(19)7-8-16-20(32-12-14(3)4)10-18(24(28)30-6)26-22(16)21/h7-10,13-14H,11-12H2,1-6H3. The molecule has 0 atom stereocenters. The number of fused-ring (bicyclic) bond motifs is 3. The molecule has 0 aliphatic heterocycles. The van der Waals surface area contributed by atoms with Crippen molar-refractivity contribution in [3.8, 4) is 11.5 Å². The lowest BCUT2D eigenvalue weighted by molar-refractivity contribution is 0.0585. The number of carbonyl (C=O) groups excluding carboxylic acids is 2. The monoisotopic (exact) mass is 440 g/mol. The zero-order valence-corrected chi connectivity index (χ0v) is 19.2. The maximum Gasteiger partial charge on any atom is 0.356 e. The second-order valence-electron chi connectivity index (χ2n) is 8.26. The number of rotatable bonds is 8. The van der Waals surface area contributed by atoms with E-state index in [1.54, 1.807) is 12.1 Å². The number of benzene rings is 1. The Labute approximate surface area is 186 Å². The quantitative estimate of drug-likeness (QED) is 0.375. The predicted octanol–water partition coefficient (Wildman–Crippen LogP) is 4.43. The molecule has 0 radical (unpaired) electrons. The number of pyridine rings is 2. The van der Waals surface area contributed by atoms with E-state index in [0.717, 1.165) is 0 Å². The molecule has 0 amide bonds. The summed E-state index contributed by atoms with van der Waals surface area (Å²) in [5.74, 6) is 0.333. The molecule has 0 unspecified atom stereocenters. The molecule has 1 aromatic carbocycles. The second-order valence-corrected chi connectivity index (χ2v) is 8.26. The molecule has 0 N–H and O–H groups in total. The molecule has 8 nitrogen and oxygen atoms in total. The van der Waals surface area contributed by atoms with Gasteiger partial charge in [0, 0.05) is 22.9 Å². The van der Waals surface area contributed by atoms with Crippen LogP contribution >= 0.6 is 0 Å². The van der Waals surface area contributed by atoms with Crippen LogP contribution in [0.1, 0.15) is 48.7 Å². The lowest BCUT2D eigenvalue weighted by atomic mass is 10.1. The van der Waals surface area contributed by atoms with E-state index in [2.05, 4.69) is 9.97 Å². The Morgan fingerprint density at radius 3 is 1.44 bits per heavy atom. The molecule has 3 rings (SSSR count). The van der Waals surface area contributed by atoms with E-state index in [0.29, 0.717) is 46.5 Å². The first-order valence-corrected chi connectivity index (χ1v) is 10.5. The third-order valence-corrected chi connectivity index (χ3v) is 4.62. The SMILES string of the molecule is COC(=O)c1cc(OCC(C)C)c2ccc3c(OCC(C)C)cc(C(=O)OC)nc3c2n1. The van der Waals surface area contributed by atoms with Crippen molar-refractivity contribution in [2.45, 2.75) is 27.7 Å². The molecule has 32 heavy (non-hydrogen) atoms. The molecule has 0 aliphatic carbocycles. The Kier molecular flexibility index (Phi) is 7.12. The van der Waals surface area contributed by atoms with Crippen molar-refractivity contribution in [1.82, 2.24) is 9.97 Å². The molecule has 2 heterocycles. The summed E-state index contributed by atoms with van der Waals surface area (Å²) >= 11 is 0. The van der Waals surface area contributed by atoms with Crippen LogP contribution in [-0.4, -0.2) is 49.3 Å². The molecule has 0 bridgehead atoms. The minimum Gasteiger partial charge on any atom is -0.493 e. The van der Waals surface area contributed by atoms with Crippen LogP contribution in [0.3, 0.4) is 0 Å². The van der Waals surface area contributed by atoms with Crippen LogP contribution in [0.4, 0.5) is 0 Å². The van der Waals surface area contributed by atoms with Crippen molar-refractivity contribution in [3.63, 3.8) is 0 Å². The van der Waals surface area contributed by atoms with Gasteiger partial charge in [0.2, 0.25) is 0 Å². The summed E-state index contributed by atoms with van der Waals surface area (Å²) < 4.78 is 21.7. The van der Waals surface area contributed by atoms with E-state index >= 15 is 0 Å². The van der Waals surface area contributed by atoms with Crippen molar-refractivity contribution >= 4 is 33.7 Å². The maximum absolute atomic E-state index is 12.3. The number of aromatic nitrogens is 2. The zero-order valence-electron chi connectivity index (χ0n) is 19.2. The van der Waals surface area contributed by atoms with Crippen LogP contribution in [0, 0.1) is 11.8 Å². The molecule has 8 heteroatoms.